The smallest absolute Gasteiger partial charge is 0.341 e. The van der Waals surface area contributed by atoms with E-state index in [-0.39, 0.29) is 12.1 Å². The molecule has 1 aromatic carbocycles. The highest BCUT2D eigenvalue weighted by Gasteiger charge is 2.17. The standard InChI is InChI=1S/C21H28N2O2/c1-4-7-8-9-20-22-14-18(15-23-20)21(24)25-19(6-3)17-12-10-16(5-2)11-13-17/h10-15,19H,4-9H2,1-3H3. The van der Waals surface area contributed by atoms with Crippen molar-refractivity contribution >= 4 is 5.97 Å². The van der Waals surface area contributed by atoms with Crippen LogP contribution in [0.5, 0.6) is 0 Å². The second-order valence-electron chi connectivity index (χ2n) is 6.24. The molecule has 0 aliphatic carbocycles. The number of hydrogen-bond acceptors (Lipinski definition) is 4. The normalized spacial score (nSPS) is 12.0. The van der Waals surface area contributed by atoms with E-state index in [2.05, 4.69) is 35.9 Å². The minimum Gasteiger partial charge on any atom is -0.454 e. The molecule has 0 aliphatic heterocycles. The van der Waals surface area contributed by atoms with Crippen LogP contribution in [0.4, 0.5) is 0 Å². The molecule has 134 valence electrons. The summed E-state index contributed by atoms with van der Waals surface area (Å²) in [6.07, 6.45) is 8.89. The van der Waals surface area contributed by atoms with Gasteiger partial charge in [0.15, 0.2) is 0 Å². The molecule has 0 aliphatic rings. The number of aryl methyl sites for hydroxylation is 2. The van der Waals surface area contributed by atoms with E-state index >= 15 is 0 Å². The third kappa shape index (κ3) is 5.66. The molecule has 0 fully saturated rings. The second-order valence-corrected chi connectivity index (χ2v) is 6.24. The van der Waals surface area contributed by atoms with Crippen LogP contribution in [0.2, 0.25) is 0 Å². The van der Waals surface area contributed by atoms with Gasteiger partial charge in [-0.05, 0) is 30.4 Å². The zero-order valence-electron chi connectivity index (χ0n) is 15.5. The average molecular weight is 340 g/mol. The Balaban J connectivity index is 1.98. The highest BCUT2D eigenvalue weighted by molar-refractivity contribution is 5.88. The van der Waals surface area contributed by atoms with Crippen LogP contribution in [0, 0.1) is 0 Å². The minimum atomic E-state index is -0.369. The van der Waals surface area contributed by atoms with Gasteiger partial charge in [-0.3, -0.25) is 0 Å². The Hall–Kier alpha value is -2.23. The molecule has 1 unspecified atom stereocenters. The molecule has 1 atom stereocenters. The first-order chi connectivity index (χ1) is 12.2. The maximum atomic E-state index is 12.4. The molecular weight excluding hydrogens is 312 g/mol. The monoisotopic (exact) mass is 340 g/mol. The van der Waals surface area contributed by atoms with Crippen molar-refractivity contribution in [3.8, 4) is 0 Å². The zero-order valence-corrected chi connectivity index (χ0v) is 15.5. The SMILES string of the molecule is CCCCCc1ncc(C(=O)OC(CC)c2ccc(CC)cc2)cn1. The van der Waals surface area contributed by atoms with Crippen LogP contribution in [0.3, 0.4) is 0 Å². The minimum absolute atomic E-state index is 0.248. The molecule has 2 rings (SSSR count). The van der Waals surface area contributed by atoms with Crippen molar-refractivity contribution in [2.75, 3.05) is 0 Å². The summed E-state index contributed by atoms with van der Waals surface area (Å²) in [6, 6.07) is 8.24. The van der Waals surface area contributed by atoms with Crippen molar-refractivity contribution < 1.29 is 9.53 Å². The van der Waals surface area contributed by atoms with Crippen LogP contribution in [-0.2, 0) is 17.6 Å². The molecule has 4 nitrogen and oxygen atoms in total. The number of aromatic nitrogens is 2. The number of carbonyl (C=O) groups is 1. The molecule has 0 spiro atoms. The maximum absolute atomic E-state index is 12.4. The fourth-order valence-electron chi connectivity index (χ4n) is 2.67. The second kappa shape index (κ2) is 9.92. The Morgan fingerprint density at radius 2 is 1.72 bits per heavy atom. The van der Waals surface area contributed by atoms with E-state index in [4.69, 9.17) is 4.74 Å². The number of ether oxygens (including phenoxy) is 1. The molecular formula is C21H28N2O2. The molecule has 1 aromatic heterocycles. The van der Waals surface area contributed by atoms with Gasteiger partial charge in [0.2, 0.25) is 0 Å². The van der Waals surface area contributed by atoms with Crippen LogP contribution in [0.25, 0.3) is 0 Å². The van der Waals surface area contributed by atoms with Crippen LogP contribution < -0.4 is 0 Å². The lowest BCUT2D eigenvalue weighted by atomic mass is 10.0. The summed E-state index contributed by atoms with van der Waals surface area (Å²) in [5.41, 5.74) is 2.70. The highest BCUT2D eigenvalue weighted by Crippen LogP contribution is 2.23. The first kappa shape index (κ1) is 19.1. The third-order valence-corrected chi connectivity index (χ3v) is 4.32. The van der Waals surface area contributed by atoms with Crippen molar-refractivity contribution in [2.45, 2.75) is 65.4 Å². The number of nitrogens with zero attached hydrogens (tertiary/aromatic N) is 2. The Labute approximate surface area is 150 Å². The van der Waals surface area contributed by atoms with Gasteiger partial charge in [-0.2, -0.15) is 0 Å². The first-order valence-electron chi connectivity index (χ1n) is 9.28. The summed E-state index contributed by atoms with van der Waals surface area (Å²) in [7, 11) is 0. The van der Waals surface area contributed by atoms with Crippen molar-refractivity contribution in [3.63, 3.8) is 0 Å². The van der Waals surface area contributed by atoms with Gasteiger partial charge in [0.05, 0.1) is 5.56 Å². The van der Waals surface area contributed by atoms with Crippen LogP contribution in [-0.4, -0.2) is 15.9 Å². The van der Waals surface area contributed by atoms with Gasteiger partial charge >= 0.3 is 5.97 Å². The number of hydrogen-bond donors (Lipinski definition) is 0. The largest absolute Gasteiger partial charge is 0.454 e. The Kier molecular flexibility index (Phi) is 7.58. The lowest BCUT2D eigenvalue weighted by Crippen LogP contribution is -2.12. The predicted octanol–water partition coefficient (Wildman–Crippen LogP) is 5.08. The van der Waals surface area contributed by atoms with Gasteiger partial charge in [-0.1, -0.05) is 57.9 Å². The van der Waals surface area contributed by atoms with Crippen molar-refractivity contribution in [1.82, 2.24) is 9.97 Å². The van der Waals surface area contributed by atoms with Gasteiger partial charge in [0.1, 0.15) is 11.9 Å². The van der Waals surface area contributed by atoms with Gasteiger partial charge in [-0.25, -0.2) is 14.8 Å². The van der Waals surface area contributed by atoms with E-state index in [0.717, 1.165) is 37.1 Å². The third-order valence-electron chi connectivity index (χ3n) is 4.32. The van der Waals surface area contributed by atoms with E-state index in [9.17, 15) is 4.79 Å². The molecule has 0 saturated carbocycles. The zero-order chi connectivity index (χ0) is 18.1. The summed E-state index contributed by atoms with van der Waals surface area (Å²) in [5, 5.41) is 0. The van der Waals surface area contributed by atoms with Crippen LogP contribution >= 0.6 is 0 Å². The Morgan fingerprint density at radius 1 is 1.04 bits per heavy atom. The molecule has 4 heteroatoms. The molecule has 0 bridgehead atoms. The topological polar surface area (TPSA) is 52.1 Å². The van der Waals surface area contributed by atoms with E-state index < -0.39 is 0 Å². The number of esters is 1. The van der Waals surface area contributed by atoms with E-state index in [0.29, 0.717) is 5.56 Å². The van der Waals surface area contributed by atoms with Crippen molar-refractivity contribution in [2.24, 2.45) is 0 Å². The van der Waals surface area contributed by atoms with Gasteiger partial charge < -0.3 is 4.74 Å². The number of carbonyl (C=O) groups excluding carboxylic acids is 1. The molecule has 0 N–H and O–H groups in total. The summed E-state index contributed by atoms with van der Waals surface area (Å²) < 4.78 is 5.66. The number of rotatable bonds is 9. The number of benzene rings is 1. The first-order valence-corrected chi connectivity index (χ1v) is 9.28. The molecule has 0 saturated heterocycles. The summed E-state index contributed by atoms with van der Waals surface area (Å²) in [4.78, 5) is 21.0. The summed E-state index contributed by atoms with van der Waals surface area (Å²) in [5.74, 6) is 0.415. The van der Waals surface area contributed by atoms with Gasteiger partial charge in [0.25, 0.3) is 0 Å². The molecule has 0 radical (unpaired) electrons. The Bertz CT molecular complexity index is 651. The van der Waals surface area contributed by atoms with Crippen molar-refractivity contribution in [1.29, 1.82) is 0 Å². The lowest BCUT2D eigenvalue weighted by Gasteiger charge is -2.17. The van der Waals surface area contributed by atoms with Crippen molar-refractivity contribution in [3.05, 3.63) is 59.2 Å². The summed E-state index contributed by atoms with van der Waals surface area (Å²) >= 11 is 0. The van der Waals surface area contributed by atoms with E-state index in [1.54, 1.807) is 12.4 Å². The van der Waals surface area contributed by atoms with E-state index in [1.165, 1.54) is 18.4 Å². The Morgan fingerprint density at radius 3 is 2.28 bits per heavy atom. The van der Waals surface area contributed by atoms with Crippen LogP contribution in [0.1, 0.15) is 79.9 Å². The fraction of sp³-hybridized carbons (Fsp3) is 0.476. The maximum Gasteiger partial charge on any atom is 0.341 e. The van der Waals surface area contributed by atoms with Crippen LogP contribution in [0.15, 0.2) is 36.7 Å². The average Bonchev–Trinajstić information content (AvgIpc) is 2.67. The molecule has 1 heterocycles. The molecule has 2 aromatic rings. The van der Waals surface area contributed by atoms with Gasteiger partial charge in [-0.15, -0.1) is 0 Å². The highest BCUT2D eigenvalue weighted by atomic mass is 16.5. The van der Waals surface area contributed by atoms with Gasteiger partial charge in [0, 0.05) is 18.8 Å². The predicted molar refractivity (Wildman–Crippen MR) is 99.5 cm³/mol. The summed E-state index contributed by atoms with van der Waals surface area (Å²) in [6.45, 7) is 6.30. The fourth-order valence-corrected chi connectivity index (χ4v) is 2.67. The number of unbranched alkanes of at least 4 members (excludes halogenated alkanes) is 2. The molecule has 25 heavy (non-hydrogen) atoms. The van der Waals surface area contributed by atoms with E-state index in [1.807, 2.05) is 19.1 Å². The lowest BCUT2D eigenvalue weighted by molar-refractivity contribution is 0.0287. The molecule has 0 amide bonds. The quantitative estimate of drug-likeness (QED) is 0.472.